The van der Waals surface area contributed by atoms with Gasteiger partial charge in [0.1, 0.15) is 18.4 Å². The lowest BCUT2D eigenvalue weighted by Gasteiger charge is -2.32. The van der Waals surface area contributed by atoms with Gasteiger partial charge in [-0.2, -0.15) is 0 Å². The maximum Gasteiger partial charge on any atom is 0.244 e. The van der Waals surface area contributed by atoms with E-state index in [2.05, 4.69) is 5.32 Å². The third kappa shape index (κ3) is 8.13. The van der Waals surface area contributed by atoms with Crippen LogP contribution in [0.5, 0.6) is 0 Å². The van der Waals surface area contributed by atoms with E-state index in [1.54, 1.807) is 0 Å². The Labute approximate surface area is 202 Å². The fourth-order valence-corrected chi connectivity index (χ4v) is 4.49. The van der Waals surface area contributed by atoms with Crippen LogP contribution in [0.1, 0.15) is 38.7 Å². The molecule has 0 bridgehead atoms. The predicted octanol–water partition coefficient (Wildman–Crippen LogP) is 3.36. The summed E-state index contributed by atoms with van der Waals surface area (Å²) in [6, 6.07) is 13.9. The van der Waals surface area contributed by atoms with Crippen molar-refractivity contribution >= 4 is 27.5 Å². The molecule has 0 heterocycles. The molecule has 1 N–H and O–H groups in total. The zero-order valence-corrected chi connectivity index (χ0v) is 20.9. The van der Waals surface area contributed by atoms with Crippen LogP contribution in [-0.4, -0.2) is 57.1 Å². The average molecular weight is 492 g/mol. The number of carbonyl (C=O) groups is 2. The maximum absolute atomic E-state index is 13.8. The van der Waals surface area contributed by atoms with Crippen molar-refractivity contribution in [2.75, 3.05) is 30.2 Å². The van der Waals surface area contributed by atoms with Crippen LogP contribution in [0, 0.1) is 5.82 Å². The highest BCUT2D eigenvalue weighted by atomic mass is 32.2. The van der Waals surface area contributed by atoms with Crippen LogP contribution in [0.4, 0.5) is 10.1 Å². The number of unbranched alkanes of at least 4 members (excludes halogenated alkanes) is 1. The fraction of sp³-hybridized carbons (Fsp3) is 0.440. The Bertz CT molecular complexity index is 1050. The minimum Gasteiger partial charge on any atom is -0.354 e. The molecule has 2 amide bonds. The molecule has 0 saturated heterocycles. The smallest absolute Gasteiger partial charge is 0.244 e. The van der Waals surface area contributed by atoms with Crippen molar-refractivity contribution in [2.45, 2.75) is 45.6 Å². The Morgan fingerprint density at radius 3 is 2.35 bits per heavy atom. The lowest BCUT2D eigenvalue weighted by molar-refractivity contribution is -0.139. The number of hydrogen-bond donors (Lipinski definition) is 1. The maximum atomic E-state index is 13.8. The summed E-state index contributed by atoms with van der Waals surface area (Å²) in [4.78, 5) is 27.8. The second kappa shape index (κ2) is 13.1. The first-order chi connectivity index (χ1) is 16.2. The van der Waals surface area contributed by atoms with Crippen molar-refractivity contribution in [2.24, 2.45) is 0 Å². The Morgan fingerprint density at radius 1 is 1.06 bits per heavy atom. The molecule has 7 nitrogen and oxygen atoms in total. The third-order valence-corrected chi connectivity index (χ3v) is 6.62. The molecule has 1 atom stereocenters. The van der Waals surface area contributed by atoms with Crippen molar-refractivity contribution in [3.63, 3.8) is 0 Å². The summed E-state index contributed by atoms with van der Waals surface area (Å²) in [7, 11) is -3.88. The summed E-state index contributed by atoms with van der Waals surface area (Å²) >= 11 is 0. The van der Waals surface area contributed by atoms with Gasteiger partial charge in [0, 0.05) is 13.1 Å². The zero-order chi connectivity index (χ0) is 25.1. The van der Waals surface area contributed by atoms with Crippen molar-refractivity contribution in [3.05, 3.63) is 66.0 Å². The van der Waals surface area contributed by atoms with E-state index in [0.29, 0.717) is 19.4 Å². The average Bonchev–Trinajstić information content (AvgIpc) is 2.80. The molecule has 0 aliphatic rings. The SMILES string of the molecule is CCCCNC(=O)[C@@H](CC)N(CCc1ccccc1)C(=O)CN(c1cccc(F)c1)S(C)(=O)=O. The lowest BCUT2D eigenvalue weighted by Crippen LogP contribution is -2.53. The second-order valence-corrected chi connectivity index (χ2v) is 10.0. The number of carbonyl (C=O) groups excluding carboxylic acids is 2. The van der Waals surface area contributed by atoms with Gasteiger partial charge in [-0.1, -0.05) is 56.7 Å². The van der Waals surface area contributed by atoms with Crippen LogP contribution in [0.15, 0.2) is 54.6 Å². The lowest BCUT2D eigenvalue weighted by atomic mass is 10.1. The minimum absolute atomic E-state index is 0.0549. The van der Waals surface area contributed by atoms with Gasteiger partial charge in [-0.3, -0.25) is 13.9 Å². The number of rotatable bonds is 13. The van der Waals surface area contributed by atoms with Crippen LogP contribution >= 0.6 is 0 Å². The van der Waals surface area contributed by atoms with E-state index >= 15 is 0 Å². The van der Waals surface area contributed by atoms with Crippen LogP contribution in [0.25, 0.3) is 0 Å². The van der Waals surface area contributed by atoms with Gasteiger partial charge in [0.25, 0.3) is 0 Å². The molecular formula is C25H34FN3O4S. The predicted molar refractivity (Wildman–Crippen MR) is 132 cm³/mol. The molecule has 0 fully saturated rings. The van der Waals surface area contributed by atoms with Gasteiger partial charge in [0.2, 0.25) is 21.8 Å². The highest BCUT2D eigenvalue weighted by Crippen LogP contribution is 2.20. The number of nitrogens with one attached hydrogen (secondary N) is 1. The summed E-state index contributed by atoms with van der Waals surface area (Å²) in [5, 5.41) is 2.88. The molecule has 0 radical (unpaired) electrons. The van der Waals surface area contributed by atoms with Gasteiger partial charge in [0.15, 0.2) is 0 Å². The van der Waals surface area contributed by atoms with Crippen LogP contribution in [0.3, 0.4) is 0 Å². The third-order valence-electron chi connectivity index (χ3n) is 5.48. The summed E-state index contributed by atoms with van der Waals surface area (Å²) < 4.78 is 39.6. The number of nitrogens with zero attached hydrogens (tertiary/aromatic N) is 2. The zero-order valence-electron chi connectivity index (χ0n) is 20.0. The van der Waals surface area contributed by atoms with Gasteiger partial charge in [-0.15, -0.1) is 0 Å². The molecule has 0 saturated carbocycles. The topological polar surface area (TPSA) is 86.8 Å². The molecule has 0 aromatic heterocycles. The summed E-state index contributed by atoms with van der Waals surface area (Å²) in [5.74, 6) is -1.40. The Hall–Kier alpha value is -2.94. The monoisotopic (exact) mass is 491 g/mol. The highest BCUT2D eigenvalue weighted by Gasteiger charge is 2.31. The van der Waals surface area contributed by atoms with Gasteiger partial charge in [-0.05, 0) is 43.0 Å². The number of amides is 2. The summed E-state index contributed by atoms with van der Waals surface area (Å²) in [6.07, 6.45) is 3.59. The summed E-state index contributed by atoms with van der Waals surface area (Å²) in [5.41, 5.74) is 1.05. The fourth-order valence-electron chi connectivity index (χ4n) is 3.65. The van der Waals surface area contributed by atoms with Gasteiger partial charge < -0.3 is 10.2 Å². The molecular weight excluding hydrogens is 457 g/mol. The molecule has 0 aliphatic carbocycles. The minimum atomic E-state index is -3.88. The van der Waals surface area contributed by atoms with Gasteiger partial charge in [0.05, 0.1) is 11.9 Å². The van der Waals surface area contributed by atoms with E-state index in [-0.39, 0.29) is 18.1 Å². The van der Waals surface area contributed by atoms with Crippen molar-refractivity contribution < 1.29 is 22.4 Å². The van der Waals surface area contributed by atoms with Crippen molar-refractivity contribution in [1.82, 2.24) is 10.2 Å². The number of halogens is 1. The van der Waals surface area contributed by atoms with Crippen molar-refractivity contribution in [1.29, 1.82) is 0 Å². The van der Waals surface area contributed by atoms with E-state index in [4.69, 9.17) is 0 Å². The largest absolute Gasteiger partial charge is 0.354 e. The molecule has 34 heavy (non-hydrogen) atoms. The van der Waals surface area contributed by atoms with E-state index in [1.807, 2.05) is 44.2 Å². The molecule has 9 heteroatoms. The van der Waals surface area contributed by atoms with E-state index in [1.165, 1.54) is 23.1 Å². The van der Waals surface area contributed by atoms with Gasteiger partial charge in [-0.25, -0.2) is 12.8 Å². The normalized spacial score (nSPS) is 12.1. The molecule has 0 unspecified atom stereocenters. The number of benzene rings is 2. The first kappa shape index (κ1) is 27.3. The Balaban J connectivity index is 2.32. The molecule has 2 rings (SSSR count). The Kier molecular flexibility index (Phi) is 10.5. The van der Waals surface area contributed by atoms with E-state index < -0.39 is 34.3 Å². The van der Waals surface area contributed by atoms with Crippen LogP contribution in [-0.2, 0) is 26.0 Å². The molecule has 2 aromatic rings. The Morgan fingerprint density at radius 2 is 1.76 bits per heavy atom. The second-order valence-electron chi connectivity index (χ2n) is 8.14. The van der Waals surface area contributed by atoms with Crippen molar-refractivity contribution in [3.8, 4) is 0 Å². The van der Waals surface area contributed by atoms with E-state index in [9.17, 15) is 22.4 Å². The van der Waals surface area contributed by atoms with Gasteiger partial charge >= 0.3 is 0 Å². The summed E-state index contributed by atoms with van der Waals surface area (Å²) in [6.45, 7) is 4.05. The number of sulfonamides is 1. The molecule has 0 aliphatic heterocycles. The standard InChI is InChI=1S/C25H34FN3O4S/c1-4-6-16-27-25(31)23(5-2)28(17-15-20-11-8-7-9-12-20)24(30)19-29(34(3,32)33)22-14-10-13-21(26)18-22/h7-14,18,23H,4-6,15-17,19H2,1-3H3,(H,27,31)/t23-/m1/s1. The quantitative estimate of drug-likeness (QED) is 0.436. The first-order valence-corrected chi connectivity index (χ1v) is 13.4. The number of anilines is 1. The molecule has 2 aromatic carbocycles. The molecule has 186 valence electrons. The van der Waals surface area contributed by atoms with E-state index in [0.717, 1.165) is 35.0 Å². The van der Waals surface area contributed by atoms with Crippen LogP contribution < -0.4 is 9.62 Å². The van der Waals surface area contributed by atoms with Crippen LogP contribution in [0.2, 0.25) is 0 Å². The number of hydrogen-bond acceptors (Lipinski definition) is 4. The highest BCUT2D eigenvalue weighted by molar-refractivity contribution is 7.92. The molecule has 0 spiro atoms. The first-order valence-electron chi connectivity index (χ1n) is 11.5.